The molecule has 8 nitrogen and oxygen atoms in total. The number of hydrogen-bond acceptors (Lipinski definition) is 5. The molecule has 0 aromatic heterocycles. The number of amides is 1. The molecule has 12 heteroatoms. The largest absolute Gasteiger partial charge is 0.416 e. The molecule has 0 saturated carbocycles. The highest BCUT2D eigenvalue weighted by atomic mass is 32.2. The Morgan fingerprint density at radius 1 is 1.43 bits per heavy atom. The van der Waals surface area contributed by atoms with Crippen molar-refractivity contribution < 1.29 is 31.3 Å². The number of nitro groups is 1. The molecule has 0 aliphatic rings. The Bertz CT molecular complexity index is 733. The van der Waals surface area contributed by atoms with Gasteiger partial charge >= 0.3 is 6.18 Å². The predicted molar refractivity (Wildman–Crippen MR) is 71.7 cm³/mol. The van der Waals surface area contributed by atoms with E-state index in [4.69, 9.17) is 5.73 Å². The van der Waals surface area contributed by atoms with Crippen LogP contribution in [-0.2, 0) is 21.0 Å². The van der Waals surface area contributed by atoms with E-state index in [0.29, 0.717) is 12.1 Å². The smallest absolute Gasteiger partial charge is 0.370 e. The van der Waals surface area contributed by atoms with Crippen LogP contribution >= 0.6 is 0 Å². The van der Waals surface area contributed by atoms with Crippen molar-refractivity contribution in [3.05, 3.63) is 33.9 Å². The number of nitrogens with two attached hydrogens (primary N) is 1. The number of carbonyl (C=O) groups is 1. The summed E-state index contributed by atoms with van der Waals surface area (Å²) in [6, 6.07) is 0.0490. The van der Waals surface area contributed by atoms with Gasteiger partial charge in [0, 0.05) is 18.5 Å². The van der Waals surface area contributed by atoms with Gasteiger partial charge in [-0.3, -0.25) is 14.9 Å². The molecule has 1 rings (SSSR count). The summed E-state index contributed by atoms with van der Waals surface area (Å²) in [7, 11) is -4.51. The van der Waals surface area contributed by atoms with Crippen LogP contribution in [-0.4, -0.2) is 25.3 Å². The number of rotatable bonds is 6. The molecule has 0 fully saturated rings. The summed E-state index contributed by atoms with van der Waals surface area (Å²) in [6.45, 7) is 1.28. The van der Waals surface area contributed by atoms with Crippen molar-refractivity contribution in [2.24, 2.45) is 5.73 Å². The summed E-state index contributed by atoms with van der Waals surface area (Å²) in [5.41, 5.74) is 2.31. The van der Waals surface area contributed by atoms with Crippen molar-refractivity contribution in [3.63, 3.8) is 0 Å². The standard InChI is InChI=1S/C11H12F3N3O5S/c1-6(4-10(15)18)16-23(21,22)9-3-2-7(11(12,13)14)5-8(9)17(19)20/h2-3,5-6,16H,4H2,1H3,(H2,15,18). The van der Waals surface area contributed by atoms with Crippen LogP contribution in [0.1, 0.15) is 18.9 Å². The lowest BCUT2D eigenvalue weighted by Gasteiger charge is -2.13. The van der Waals surface area contributed by atoms with Gasteiger partial charge < -0.3 is 5.73 Å². The molecule has 0 aliphatic heterocycles. The van der Waals surface area contributed by atoms with Crippen LogP contribution in [0.15, 0.2) is 23.1 Å². The Kier molecular flexibility index (Phi) is 5.32. The number of nitrogens with one attached hydrogen (secondary N) is 1. The van der Waals surface area contributed by atoms with Crippen molar-refractivity contribution in [3.8, 4) is 0 Å². The SMILES string of the molecule is CC(CC(N)=O)NS(=O)(=O)c1ccc(C(F)(F)F)cc1[N+](=O)[O-]. The normalized spacial score (nSPS) is 13.6. The Morgan fingerprint density at radius 2 is 2.00 bits per heavy atom. The molecular weight excluding hydrogens is 343 g/mol. The van der Waals surface area contributed by atoms with Gasteiger partial charge in [-0.25, -0.2) is 13.1 Å². The maximum atomic E-state index is 12.6. The molecule has 1 aromatic rings. The summed E-state index contributed by atoms with van der Waals surface area (Å²) in [6.07, 6.45) is -5.24. The second-order valence-corrected chi connectivity index (χ2v) is 6.31. The zero-order chi connectivity index (χ0) is 18.0. The van der Waals surface area contributed by atoms with E-state index in [1.165, 1.54) is 6.92 Å². The van der Waals surface area contributed by atoms with E-state index in [9.17, 15) is 36.5 Å². The number of alkyl halides is 3. The number of nitro benzene ring substituents is 1. The first-order valence-corrected chi connectivity index (χ1v) is 7.49. The Labute approximate surface area is 128 Å². The van der Waals surface area contributed by atoms with E-state index in [2.05, 4.69) is 0 Å². The molecule has 0 aliphatic carbocycles. The molecular formula is C11H12F3N3O5S. The fourth-order valence-corrected chi connectivity index (χ4v) is 3.13. The predicted octanol–water partition coefficient (Wildman–Crippen LogP) is 1.16. The van der Waals surface area contributed by atoms with E-state index in [0.717, 1.165) is 0 Å². The number of nitrogens with zero attached hydrogens (tertiary/aromatic N) is 1. The number of hydrogen-bond donors (Lipinski definition) is 2. The van der Waals surface area contributed by atoms with Crippen LogP contribution in [0.5, 0.6) is 0 Å². The molecule has 0 bridgehead atoms. The van der Waals surface area contributed by atoms with Gasteiger partial charge in [-0.1, -0.05) is 0 Å². The van der Waals surface area contributed by atoms with Gasteiger partial charge in [0.15, 0.2) is 4.90 Å². The minimum absolute atomic E-state index is 0.132. The van der Waals surface area contributed by atoms with Crippen LogP contribution in [0.2, 0.25) is 0 Å². The van der Waals surface area contributed by atoms with Crippen molar-refractivity contribution in [1.82, 2.24) is 4.72 Å². The van der Waals surface area contributed by atoms with Gasteiger partial charge in [0.2, 0.25) is 15.9 Å². The first-order chi connectivity index (χ1) is 10.3. The molecule has 128 valence electrons. The highest BCUT2D eigenvalue weighted by Gasteiger charge is 2.35. The average Bonchev–Trinajstić information content (AvgIpc) is 2.34. The van der Waals surface area contributed by atoms with Gasteiger partial charge in [-0.05, 0) is 19.1 Å². The number of primary amides is 1. The molecule has 0 saturated heterocycles. The van der Waals surface area contributed by atoms with Crippen molar-refractivity contribution in [2.75, 3.05) is 0 Å². The lowest BCUT2D eigenvalue weighted by atomic mass is 10.2. The quantitative estimate of drug-likeness (QED) is 0.583. The number of carbonyl (C=O) groups excluding carboxylic acids is 1. The van der Waals surface area contributed by atoms with Crippen LogP contribution in [0.25, 0.3) is 0 Å². The summed E-state index contributed by atoms with van der Waals surface area (Å²) in [5, 5.41) is 10.9. The molecule has 1 aromatic carbocycles. The van der Waals surface area contributed by atoms with Gasteiger partial charge in [0.1, 0.15) is 0 Å². The molecule has 0 spiro atoms. The summed E-state index contributed by atoms with van der Waals surface area (Å²) in [4.78, 5) is 19.4. The lowest BCUT2D eigenvalue weighted by Crippen LogP contribution is -2.36. The molecule has 0 radical (unpaired) electrons. The monoisotopic (exact) mass is 355 g/mol. The second kappa shape index (κ2) is 6.50. The number of sulfonamides is 1. The minimum Gasteiger partial charge on any atom is -0.370 e. The third kappa shape index (κ3) is 4.89. The van der Waals surface area contributed by atoms with Gasteiger partial charge in [0.25, 0.3) is 5.69 Å². The molecule has 1 atom stereocenters. The van der Waals surface area contributed by atoms with Crippen LogP contribution < -0.4 is 10.5 Å². The summed E-state index contributed by atoms with van der Waals surface area (Å²) in [5.74, 6) is -0.817. The van der Waals surface area contributed by atoms with Gasteiger partial charge in [-0.2, -0.15) is 13.2 Å². The van der Waals surface area contributed by atoms with E-state index < -0.39 is 49.2 Å². The number of halogens is 3. The minimum atomic E-state index is -4.86. The summed E-state index contributed by atoms with van der Waals surface area (Å²) >= 11 is 0. The van der Waals surface area contributed by atoms with E-state index in [1.807, 2.05) is 4.72 Å². The van der Waals surface area contributed by atoms with Crippen LogP contribution in [0, 0.1) is 10.1 Å². The van der Waals surface area contributed by atoms with Crippen LogP contribution in [0.4, 0.5) is 18.9 Å². The third-order valence-electron chi connectivity index (χ3n) is 2.64. The van der Waals surface area contributed by atoms with E-state index in [-0.39, 0.29) is 12.5 Å². The average molecular weight is 355 g/mol. The van der Waals surface area contributed by atoms with E-state index in [1.54, 1.807) is 0 Å². The van der Waals surface area contributed by atoms with Crippen molar-refractivity contribution in [2.45, 2.75) is 30.5 Å². The molecule has 3 N–H and O–H groups in total. The highest BCUT2D eigenvalue weighted by molar-refractivity contribution is 7.89. The van der Waals surface area contributed by atoms with Gasteiger partial charge in [0.05, 0.1) is 10.5 Å². The summed E-state index contributed by atoms with van der Waals surface area (Å²) < 4.78 is 63.8. The maximum Gasteiger partial charge on any atom is 0.416 e. The Hall–Kier alpha value is -2.21. The van der Waals surface area contributed by atoms with E-state index >= 15 is 0 Å². The Morgan fingerprint density at radius 3 is 2.43 bits per heavy atom. The zero-order valence-corrected chi connectivity index (χ0v) is 12.4. The number of benzene rings is 1. The molecule has 23 heavy (non-hydrogen) atoms. The molecule has 1 unspecified atom stereocenters. The fourth-order valence-electron chi connectivity index (χ4n) is 1.74. The molecule has 1 amide bonds. The first kappa shape index (κ1) is 18.8. The lowest BCUT2D eigenvalue weighted by molar-refractivity contribution is -0.388. The van der Waals surface area contributed by atoms with Crippen LogP contribution in [0.3, 0.4) is 0 Å². The Balaban J connectivity index is 3.30. The topological polar surface area (TPSA) is 132 Å². The zero-order valence-electron chi connectivity index (χ0n) is 11.6. The highest BCUT2D eigenvalue weighted by Crippen LogP contribution is 2.34. The fraction of sp³-hybridized carbons (Fsp3) is 0.364. The van der Waals surface area contributed by atoms with Crippen molar-refractivity contribution in [1.29, 1.82) is 0 Å². The van der Waals surface area contributed by atoms with Crippen molar-refractivity contribution >= 4 is 21.6 Å². The first-order valence-electron chi connectivity index (χ1n) is 6.01. The maximum absolute atomic E-state index is 12.6. The third-order valence-corrected chi connectivity index (χ3v) is 4.27. The van der Waals surface area contributed by atoms with Gasteiger partial charge in [-0.15, -0.1) is 0 Å². The second-order valence-electron chi connectivity index (χ2n) is 4.63. The molecule has 0 heterocycles.